The maximum atomic E-state index is 12.5. The Morgan fingerprint density at radius 3 is 2.67 bits per heavy atom. The van der Waals surface area contributed by atoms with Gasteiger partial charge in [0, 0.05) is 25.4 Å². The number of amides is 1. The highest BCUT2D eigenvalue weighted by atomic mass is 32.2. The van der Waals surface area contributed by atoms with Crippen molar-refractivity contribution < 1.29 is 17.9 Å². The fraction of sp³-hybridized carbons (Fsp3) is 0.421. The zero-order chi connectivity index (χ0) is 19.4. The second-order valence-electron chi connectivity index (χ2n) is 6.69. The van der Waals surface area contributed by atoms with E-state index in [1.54, 1.807) is 7.05 Å². The molecule has 0 aliphatic heterocycles. The highest BCUT2D eigenvalue weighted by molar-refractivity contribution is 7.89. The Morgan fingerprint density at radius 2 is 1.96 bits per heavy atom. The third-order valence-electron chi connectivity index (χ3n) is 4.80. The molecule has 1 saturated carbocycles. The Kier molecular flexibility index (Phi) is 5.86. The van der Waals surface area contributed by atoms with E-state index in [-0.39, 0.29) is 22.6 Å². The minimum atomic E-state index is -3.59. The number of para-hydroxylation sites is 1. The summed E-state index contributed by atoms with van der Waals surface area (Å²) in [6.45, 7) is 0.307. The molecule has 0 spiro atoms. The highest BCUT2D eigenvalue weighted by Crippen LogP contribution is 2.26. The number of nitrogens with one attached hydrogen (secondary N) is 2. The van der Waals surface area contributed by atoms with Crippen molar-refractivity contribution in [2.45, 2.75) is 43.2 Å². The Labute approximate surface area is 159 Å². The van der Waals surface area contributed by atoms with Crippen molar-refractivity contribution in [2.75, 3.05) is 7.05 Å². The first-order valence-electron chi connectivity index (χ1n) is 9.03. The van der Waals surface area contributed by atoms with Gasteiger partial charge in [-0.05, 0) is 44.9 Å². The lowest BCUT2D eigenvalue weighted by Gasteiger charge is -2.16. The van der Waals surface area contributed by atoms with Crippen molar-refractivity contribution >= 4 is 15.9 Å². The van der Waals surface area contributed by atoms with Crippen LogP contribution in [0.4, 0.5) is 0 Å². The van der Waals surface area contributed by atoms with E-state index >= 15 is 0 Å². The summed E-state index contributed by atoms with van der Waals surface area (Å²) in [5.41, 5.74) is 1.17. The number of benzene rings is 1. The van der Waals surface area contributed by atoms with Gasteiger partial charge in [-0.1, -0.05) is 18.2 Å². The first kappa shape index (κ1) is 19.4. The molecule has 146 valence electrons. The molecular weight excluding hydrogens is 366 g/mol. The van der Waals surface area contributed by atoms with Gasteiger partial charge in [0.15, 0.2) is 0 Å². The third kappa shape index (κ3) is 4.51. The molecule has 2 aromatic rings. The minimum absolute atomic E-state index is 0.0580. The molecule has 7 nitrogen and oxygen atoms in total. The summed E-state index contributed by atoms with van der Waals surface area (Å²) in [7, 11) is -0.615. The van der Waals surface area contributed by atoms with Crippen LogP contribution < -0.4 is 14.8 Å². The smallest absolute Gasteiger partial charge is 0.268 e. The van der Waals surface area contributed by atoms with E-state index < -0.39 is 10.0 Å². The van der Waals surface area contributed by atoms with Crippen LogP contribution in [0.2, 0.25) is 0 Å². The fourth-order valence-electron chi connectivity index (χ4n) is 3.24. The Morgan fingerprint density at radius 1 is 1.26 bits per heavy atom. The van der Waals surface area contributed by atoms with E-state index in [9.17, 15) is 13.2 Å². The van der Waals surface area contributed by atoms with E-state index in [0.717, 1.165) is 24.2 Å². The van der Waals surface area contributed by atoms with Gasteiger partial charge in [-0.3, -0.25) is 4.79 Å². The van der Waals surface area contributed by atoms with E-state index in [0.29, 0.717) is 6.54 Å². The molecule has 1 aliphatic rings. The molecule has 1 aliphatic carbocycles. The molecule has 2 N–H and O–H groups in total. The summed E-state index contributed by atoms with van der Waals surface area (Å²) in [6.07, 6.45) is 6.16. The highest BCUT2D eigenvalue weighted by Gasteiger charge is 2.20. The van der Waals surface area contributed by atoms with E-state index in [1.165, 1.54) is 36.7 Å². The van der Waals surface area contributed by atoms with Gasteiger partial charge < -0.3 is 14.6 Å². The number of hydrogen-bond acceptors (Lipinski definition) is 4. The maximum absolute atomic E-state index is 12.5. The van der Waals surface area contributed by atoms with Crippen molar-refractivity contribution in [3.05, 3.63) is 47.8 Å². The van der Waals surface area contributed by atoms with Gasteiger partial charge in [-0.15, -0.1) is 0 Å². The molecule has 1 amide bonds. The third-order valence-corrected chi connectivity index (χ3v) is 6.18. The number of nitrogens with zero attached hydrogens (tertiary/aromatic N) is 1. The lowest BCUT2D eigenvalue weighted by molar-refractivity contribution is 0.0942. The van der Waals surface area contributed by atoms with Gasteiger partial charge in [0.2, 0.25) is 10.0 Å². The summed E-state index contributed by atoms with van der Waals surface area (Å²) < 4.78 is 33.6. The Balaban J connectivity index is 1.69. The lowest BCUT2D eigenvalue weighted by Crippen LogP contribution is -2.25. The SMILES string of the molecule is CNS(=O)(=O)c1cc(C(=O)NCc2ccccc2OC2CCCC2)n(C)c1. The van der Waals surface area contributed by atoms with Gasteiger partial charge in [0.1, 0.15) is 16.3 Å². The normalized spacial score (nSPS) is 15.0. The van der Waals surface area contributed by atoms with Crippen LogP contribution in [0.25, 0.3) is 0 Å². The number of carbonyl (C=O) groups is 1. The predicted octanol–water partition coefficient (Wildman–Crippen LogP) is 2.18. The van der Waals surface area contributed by atoms with Crippen LogP contribution in [-0.4, -0.2) is 32.0 Å². The summed E-state index contributed by atoms with van der Waals surface area (Å²) in [4.78, 5) is 12.6. The van der Waals surface area contributed by atoms with Crippen molar-refractivity contribution in [1.82, 2.24) is 14.6 Å². The lowest BCUT2D eigenvalue weighted by atomic mass is 10.2. The van der Waals surface area contributed by atoms with Gasteiger partial charge in [-0.2, -0.15) is 0 Å². The summed E-state index contributed by atoms with van der Waals surface area (Å²) in [6, 6.07) is 9.03. The number of rotatable bonds is 7. The molecule has 0 saturated heterocycles. The molecule has 8 heteroatoms. The van der Waals surface area contributed by atoms with Crippen molar-refractivity contribution in [1.29, 1.82) is 0 Å². The molecule has 1 heterocycles. The first-order chi connectivity index (χ1) is 12.9. The largest absolute Gasteiger partial charge is 0.490 e. The Bertz CT molecular complexity index is 915. The minimum Gasteiger partial charge on any atom is -0.490 e. The number of aryl methyl sites for hydroxylation is 1. The molecule has 0 unspecified atom stereocenters. The second-order valence-corrected chi connectivity index (χ2v) is 8.58. The average Bonchev–Trinajstić information content (AvgIpc) is 3.30. The van der Waals surface area contributed by atoms with Crippen LogP contribution in [-0.2, 0) is 23.6 Å². The van der Waals surface area contributed by atoms with Gasteiger partial charge in [-0.25, -0.2) is 13.1 Å². The van der Waals surface area contributed by atoms with Crippen molar-refractivity contribution in [3.8, 4) is 5.75 Å². The summed E-state index contributed by atoms with van der Waals surface area (Å²) in [5.74, 6) is 0.445. The summed E-state index contributed by atoms with van der Waals surface area (Å²) in [5, 5.41) is 2.85. The molecule has 0 atom stereocenters. The molecule has 27 heavy (non-hydrogen) atoms. The molecule has 0 radical (unpaired) electrons. The van der Waals surface area contributed by atoms with Crippen LogP contribution >= 0.6 is 0 Å². The zero-order valence-electron chi connectivity index (χ0n) is 15.6. The van der Waals surface area contributed by atoms with Crippen LogP contribution in [0.15, 0.2) is 41.4 Å². The Hall–Kier alpha value is -2.32. The number of sulfonamides is 1. The molecule has 1 aromatic carbocycles. The number of hydrogen-bond donors (Lipinski definition) is 2. The molecule has 3 rings (SSSR count). The van der Waals surface area contributed by atoms with Crippen molar-refractivity contribution in [3.63, 3.8) is 0 Å². The average molecular weight is 391 g/mol. The van der Waals surface area contributed by atoms with Crippen LogP contribution in [0.3, 0.4) is 0 Å². The fourth-order valence-corrected chi connectivity index (χ4v) is 4.04. The van der Waals surface area contributed by atoms with Gasteiger partial charge >= 0.3 is 0 Å². The number of ether oxygens (including phenoxy) is 1. The molecule has 1 aromatic heterocycles. The van der Waals surface area contributed by atoms with Gasteiger partial charge in [0.05, 0.1) is 6.10 Å². The van der Waals surface area contributed by atoms with Crippen LogP contribution in [0.5, 0.6) is 5.75 Å². The van der Waals surface area contributed by atoms with E-state index in [2.05, 4.69) is 10.0 Å². The summed E-state index contributed by atoms with van der Waals surface area (Å²) >= 11 is 0. The zero-order valence-corrected chi connectivity index (χ0v) is 16.4. The number of aromatic nitrogens is 1. The van der Waals surface area contributed by atoms with Crippen LogP contribution in [0.1, 0.15) is 41.7 Å². The van der Waals surface area contributed by atoms with E-state index in [1.807, 2.05) is 24.3 Å². The monoisotopic (exact) mass is 391 g/mol. The quantitative estimate of drug-likeness (QED) is 0.757. The number of carbonyl (C=O) groups excluding carboxylic acids is 1. The molecule has 0 bridgehead atoms. The first-order valence-corrected chi connectivity index (χ1v) is 10.5. The maximum Gasteiger partial charge on any atom is 0.268 e. The van der Waals surface area contributed by atoms with Gasteiger partial charge in [0.25, 0.3) is 5.91 Å². The second kappa shape index (κ2) is 8.14. The topological polar surface area (TPSA) is 89.4 Å². The molecule has 1 fully saturated rings. The van der Waals surface area contributed by atoms with Crippen molar-refractivity contribution in [2.24, 2.45) is 7.05 Å². The standard InChI is InChI=1S/C19H25N3O4S/c1-20-27(24,25)16-11-17(22(2)13-16)19(23)21-12-14-7-3-6-10-18(14)26-15-8-4-5-9-15/h3,6-7,10-11,13,15,20H,4-5,8-9,12H2,1-2H3,(H,21,23). The molecular formula is C19H25N3O4S. The van der Waals surface area contributed by atoms with E-state index in [4.69, 9.17) is 4.74 Å². The van der Waals surface area contributed by atoms with Crippen LogP contribution in [0, 0.1) is 0 Å². The predicted molar refractivity (Wildman–Crippen MR) is 102 cm³/mol.